The number of aliphatic hydroxyl groups is 1. The van der Waals surface area contributed by atoms with E-state index in [1.54, 1.807) is 0 Å². The molecular formula is C8H8NO4. The van der Waals surface area contributed by atoms with Gasteiger partial charge in [0, 0.05) is 19.1 Å². The summed E-state index contributed by atoms with van der Waals surface area (Å²) >= 11 is 0. The third-order valence-corrected chi connectivity index (χ3v) is 1.31. The number of non-ortho nitro benzene ring substituents is 1. The van der Waals surface area contributed by atoms with Crippen LogP contribution in [0.2, 0.25) is 0 Å². The predicted octanol–water partition coefficient (Wildman–Crippen LogP) is 1.86. The average Bonchev–Trinajstić information content (AvgIpc) is 2.04. The van der Waals surface area contributed by atoms with E-state index in [1.165, 1.54) is 31.2 Å². The van der Waals surface area contributed by atoms with Gasteiger partial charge >= 0.3 is 0 Å². The van der Waals surface area contributed by atoms with E-state index in [2.05, 4.69) is 0 Å². The first-order valence-corrected chi connectivity index (χ1v) is 3.54. The second-order valence-corrected chi connectivity index (χ2v) is 2.37. The maximum atomic E-state index is 10.2. The Labute approximate surface area is 74.7 Å². The van der Waals surface area contributed by atoms with E-state index in [0.717, 1.165) is 0 Å². The molecule has 0 atom stereocenters. The van der Waals surface area contributed by atoms with Gasteiger partial charge in [0.05, 0.1) is 4.92 Å². The van der Waals surface area contributed by atoms with Gasteiger partial charge in [0.15, 0.2) is 0 Å². The van der Waals surface area contributed by atoms with Gasteiger partial charge in [-0.05, 0) is 12.1 Å². The first-order valence-electron chi connectivity index (χ1n) is 3.54. The molecule has 0 spiro atoms. The zero-order chi connectivity index (χ0) is 9.84. The molecule has 0 bridgehead atoms. The fraction of sp³-hybridized carbons (Fsp3) is 0.125. The Balaban J connectivity index is 2.75. The maximum absolute atomic E-state index is 10.2. The molecule has 13 heavy (non-hydrogen) atoms. The molecule has 0 amide bonds. The molecule has 1 N–H and O–H groups in total. The van der Waals surface area contributed by atoms with E-state index in [4.69, 9.17) is 9.84 Å². The van der Waals surface area contributed by atoms with Crippen molar-refractivity contribution in [3.63, 3.8) is 0 Å². The number of hydrogen-bond donors (Lipinski definition) is 1. The number of hydrogen-bond acceptors (Lipinski definition) is 4. The highest BCUT2D eigenvalue weighted by Crippen LogP contribution is 2.18. The fourth-order valence-corrected chi connectivity index (χ4v) is 0.806. The summed E-state index contributed by atoms with van der Waals surface area (Å²) in [6, 6.07) is 5.44. The largest absolute Gasteiger partial charge is 0.456 e. The third-order valence-electron chi connectivity index (χ3n) is 1.31. The standard InChI is InChI=1S/C8H8NO4/c1-6(10)13-8-4-2-7(3-5-8)9(11)12/h2-5,10H,1H3. The highest BCUT2D eigenvalue weighted by Gasteiger charge is 2.05. The molecule has 0 aliphatic rings. The smallest absolute Gasteiger partial charge is 0.270 e. The van der Waals surface area contributed by atoms with Crippen LogP contribution >= 0.6 is 0 Å². The van der Waals surface area contributed by atoms with Crippen molar-refractivity contribution >= 4 is 5.69 Å². The van der Waals surface area contributed by atoms with Gasteiger partial charge in [-0.1, -0.05) is 0 Å². The van der Waals surface area contributed by atoms with Crippen molar-refractivity contribution in [2.45, 2.75) is 6.92 Å². The van der Waals surface area contributed by atoms with Crippen LogP contribution in [0.25, 0.3) is 0 Å². The van der Waals surface area contributed by atoms with Gasteiger partial charge in [0.1, 0.15) is 5.75 Å². The summed E-state index contributed by atoms with van der Waals surface area (Å²) in [5.41, 5.74) is -0.0112. The average molecular weight is 182 g/mol. The summed E-state index contributed by atoms with van der Waals surface area (Å²) in [5, 5.41) is 19.0. The molecule has 0 aliphatic heterocycles. The highest BCUT2D eigenvalue weighted by atomic mass is 16.6. The fourth-order valence-electron chi connectivity index (χ4n) is 0.806. The second kappa shape index (κ2) is 3.86. The molecule has 0 aliphatic carbocycles. The summed E-state index contributed by atoms with van der Waals surface area (Å²) < 4.78 is 4.80. The number of rotatable bonds is 3. The molecule has 0 aromatic heterocycles. The molecule has 0 fully saturated rings. The van der Waals surface area contributed by atoms with Crippen LogP contribution in [0.4, 0.5) is 5.69 Å². The number of benzene rings is 1. The second-order valence-electron chi connectivity index (χ2n) is 2.37. The Kier molecular flexibility index (Phi) is 2.81. The van der Waals surface area contributed by atoms with Gasteiger partial charge < -0.3 is 9.84 Å². The van der Waals surface area contributed by atoms with Crippen molar-refractivity contribution in [2.24, 2.45) is 0 Å². The minimum atomic E-state index is -0.501. The predicted molar refractivity (Wildman–Crippen MR) is 44.6 cm³/mol. The van der Waals surface area contributed by atoms with Crippen LogP contribution in [0, 0.1) is 16.4 Å². The summed E-state index contributed by atoms with van der Waals surface area (Å²) in [4.78, 5) is 9.74. The minimum absolute atomic E-state index is 0.0112. The highest BCUT2D eigenvalue weighted by molar-refractivity contribution is 5.36. The minimum Gasteiger partial charge on any atom is -0.456 e. The normalized spacial score (nSPS) is 10.1. The van der Waals surface area contributed by atoms with Crippen LogP contribution in [0.3, 0.4) is 0 Å². The topological polar surface area (TPSA) is 72.6 Å². The lowest BCUT2D eigenvalue weighted by Crippen LogP contribution is -1.99. The number of nitro benzene ring substituents is 1. The Bertz CT molecular complexity index is 294. The van der Waals surface area contributed by atoms with Crippen LogP contribution in [0.1, 0.15) is 6.92 Å². The Morgan fingerprint density at radius 2 is 2.00 bits per heavy atom. The molecule has 1 aromatic rings. The van der Waals surface area contributed by atoms with Crippen LogP contribution in [-0.4, -0.2) is 10.0 Å². The lowest BCUT2D eigenvalue weighted by molar-refractivity contribution is -0.384. The van der Waals surface area contributed by atoms with E-state index >= 15 is 0 Å². The van der Waals surface area contributed by atoms with Crippen LogP contribution in [0.5, 0.6) is 5.75 Å². The SMILES string of the molecule is C[C](O)Oc1ccc([N+](=O)[O-])cc1. The first kappa shape index (κ1) is 9.47. The molecule has 5 heteroatoms. The molecule has 69 valence electrons. The van der Waals surface area contributed by atoms with Gasteiger partial charge in [0.2, 0.25) is 0 Å². The molecule has 1 aromatic carbocycles. The van der Waals surface area contributed by atoms with Gasteiger partial charge in [-0.3, -0.25) is 10.1 Å². The van der Waals surface area contributed by atoms with Gasteiger partial charge in [-0.15, -0.1) is 0 Å². The zero-order valence-corrected chi connectivity index (χ0v) is 6.93. The van der Waals surface area contributed by atoms with Gasteiger partial charge in [0.25, 0.3) is 12.0 Å². The van der Waals surface area contributed by atoms with Crippen molar-refractivity contribution in [3.05, 3.63) is 40.7 Å². The van der Waals surface area contributed by atoms with Crippen molar-refractivity contribution in [3.8, 4) is 5.75 Å². The molecule has 0 saturated heterocycles. The maximum Gasteiger partial charge on any atom is 0.270 e. The van der Waals surface area contributed by atoms with Crippen molar-refractivity contribution in [1.82, 2.24) is 0 Å². The summed E-state index contributed by atoms with van der Waals surface area (Å²) in [6.45, 7) is 1.38. The molecule has 1 rings (SSSR count). The van der Waals surface area contributed by atoms with E-state index in [0.29, 0.717) is 5.75 Å². The van der Waals surface area contributed by atoms with E-state index in [9.17, 15) is 10.1 Å². The number of nitro groups is 1. The molecule has 0 unspecified atom stereocenters. The Hall–Kier alpha value is -1.62. The van der Waals surface area contributed by atoms with Gasteiger partial charge in [-0.2, -0.15) is 0 Å². The number of ether oxygens (including phenoxy) is 1. The molecule has 0 heterocycles. The van der Waals surface area contributed by atoms with E-state index in [-0.39, 0.29) is 12.0 Å². The molecule has 0 saturated carbocycles. The van der Waals surface area contributed by atoms with Crippen molar-refractivity contribution < 1.29 is 14.8 Å². The Morgan fingerprint density at radius 1 is 1.46 bits per heavy atom. The molecule has 5 nitrogen and oxygen atoms in total. The number of aliphatic hydroxyl groups excluding tert-OH is 1. The van der Waals surface area contributed by atoms with Crippen molar-refractivity contribution in [2.75, 3.05) is 0 Å². The lowest BCUT2D eigenvalue weighted by Gasteiger charge is -2.05. The first-order chi connectivity index (χ1) is 6.09. The Morgan fingerprint density at radius 3 is 2.38 bits per heavy atom. The van der Waals surface area contributed by atoms with E-state index in [1.807, 2.05) is 0 Å². The summed E-state index contributed by atoms with van der Waals surface area (Å²) in [6.07, 6.45) is -0.200. The third kappa shape index (κ3) is 2.72. The molecular weight excluding hydrogens is 174 g/mol. The summed E-state index contributed by atoms with van der Waals surface area (Å²) in [5.74, 6) is 0.366. The number of nitrogens with zero attached hydrogens (tertiary/aromatic N) is 1. The summed E-state index contributed by atoms with van der Waals surface area (Å²) in [7, 11) is 0. The zero-order valence-electron chi connectivity index (χ0n) is 6.93. The monoisotopic (exact) mass is 182 g/mol. The van der Waals surface area contributed by atoms with E-state index < -0.39 is 4.92 Å². The molecule has 1 radical (unpaired) electrons. The quantitative estimate of drug-likeness (QED) is 0.571. The van der Waals surface area contributed by atoms with Gasteiger partial charge in [-0.25, -0.2) is 0 Å². The van der Waals surface area contributed by atoms with Crippen LogP contribution in [0.15, 0.2) is 24.3 Å². The van der Waals surface area contributed by atoms with Crippen LogP contribution in [-0.2, 0) is 0 Å². The van der Waals surface area contributed by atoms with Crippen LogP contribution < -0.4 is 4.74 Å². The van der Waals surface area contributed by atoms with Crippen molar-refractivity contribution in [1.29, 1.82) is 0 Å². The lowest BCUT2D eigenvalue weighted by atomic mass is 10.3.